The minimum atomic E-state index is -0.616. The molecule has 3 aromatic carbocycles. The molecule has 0 N–H and O–H groups in total. The van der Waals surface area contributed by atoms with E-state index in [0.717, 1.165) is 17.7 Å². The average Bonchev–Trinajstić information content (AvgIpc) is 2.88. The van der Waals surface area contributed by atoms with Crippen LogP contribution in [0.15, 0.2) is 66.8 Å². The lowest BCUT2D eigenvalue weighted by atomic mass is 10.2. The first-order valence-electron chi connectivity index (χ1n) is 11.3. The highest BCUT2D eigenvalue weighted by Gasteiger charge is 2.08. The third-order valence-electron chi connectivity index (χ3n) is 4.71. The van der Waals surface area contributed by atoms with Crippen LogP contribution in [0.1, 0.15) is 37.5 Å². The number of hydrogen-bond acceptors (Lipinski definition) is 3. The molecule has 0 saturated carbocycles. The zero-order valence-electron chi connectivity index (χ0n) is 21.8. The van der Waals surface area contributed by atoms with E-state index in [-0.39, 0.29) is 28.7 Å². The second-order valence-electron chi connectivity index (χ2n) is 7.29. The van der Waals surface area contributed by atoms with Gasteiger partial charge in [0, 0.05) is 29.3 Å². The second-order valence-corrected chi connectivity index (χ2v) is 7.29. The Labute approximate surface area is 216 Å². The van der Waals surface area contributed by atoms with E-state index in [0.29, 0.717) is 11.3 Å². The van der Waals surface area contributed by atoms with Crippen molar-refractivity contribution in [3.63, 3.8) is 0 Å². The predicted molar refractivity (Wildman–Crippen MR) is 143 cm³/mol. The molecule has 7 heteroatoms. The third kappa shape index (κ3) is 10.3. The Morgan fingerprint density at radius 1 is 0.541 bits per heavy atom. The van der Waals surface area contributed by atoms with Gasteiger partial charge >= 0.3 is 0 Å². The molecule has 0 radical (unpaired) electrons. The normalized spacial score (nSPS) is 10.6. The number of rotatable bonds is 6. The van der Waals surface area contributed by atoms with Gasteiger partial charge < -0.3 is 14.2 Å². The van der Waals surface area contributed by atoms with Gasteiger partial charge in [0.05, 0.1) is 21.3 Å². The van der Waals surface area contributed by atoms with E-state index in [1.165, 1.54) is 39.5 Å². The topological polar surface area (TPSA) is 27.7 Å². The maximum absolute atomic E-state index is 13.1. The van der Waals surface area contributed by atoms with Crippen molar-refractivity contribution in [1.29, 1.82) is 0 Å². The van der Waals surface area contributed by atoms with Gasteiger partial charge in [0.1, 0.15) is 29.0 Å². The second kappa shape index (κ2) is 16.6. The molecule has 0 saturated heterocycles. The van der Waals surface area contributed by atoms with Crippen LogP contribution in [0.4, 0.5) is 17.6 Å². The zero-order valence-corrected chi connectivity index (χ0v) is 21.8. The molecule has 0 aliphatic heterocycles. The minimum Gasteiger partial charge on any atom is -0.497 e. The molecule has 3 rings (SSSR count). The molecule has 198 valence electrons. The minimum absolute atomic E-state index is 0.0386. The summed E-state index contributed by atoms with van der Waals surface area (Å²) < 4.78 is 66.7. The predicted octanol–water partition coefficient (Wildman–Crippen LogP) is 8.74. The highest BCUT2D eigenvalue weighted by molar-refractivity contribution is 5.53. The van der Waals surface area contributed by atoms with Crippen LogP contribution >= 0.6 is 0 Å². The van der Waals surface area contributed by atoms with Gasteiger partial charge in [-0.25, -0.2) is 17.6 Å². The molecule has 0 aromatic heterocycles. The third-order valence-corrected chi connectivity index (χ3v) is 4.71. The van der Waals surface area contributed by atoms with Gasteiger partial charge in [0.2, 0.25) is 0 Å². The van der Waals surface area contributed by atoms with E-state index in [2.05, 4.69) is 0 Å². The number of allylic oxidation sites excluding steroid dienone is 3. The van der Waals surface area contributed by atoms with Gasteiger partial charge in [-0.1, -0.05) is 42.5 Å². The Kier molecular flexibility index (Phi) is 13.9. The first kappa shape index (κ1) is 31.0. The van der Waals surface area contributed by atoms with E-state index in [1.54, 1.807) is 43.4 Å². The van der Waals surface area contributed by atoms with Gasteiger partial charge in [-0.2, -0.15) is 0 Å². The van der Waals surface area contributed by atoms with Crippen molar-refractivity contribution < 1.29 is 31.8 Å². The summed E-state index contributed by atoms with van der Waals surface area (Å²) in [6.07, 6.45) is 10.2. The summed E-state index contributed by atoms with van der Waals surface area (Å²) in [7, 11) is 4.33. The van der Waals surface area contributed by atoms with Crippen molar-refractivity contribution in [1.82, 2.24) is 0 Å². The van der Waals surface area contributed by atoms with E-state index in [4.69, 9.17) is 14.2 Å². The van der Waals surface area contributed by atoms with Crippen molar-refractivity contribution in [2.24, 2.45) is 0 Å². The molecular formula is C30H32F4O3. The lowest BCUT2D eigenvalue weighted by Gasteiger charge is -2.03. The molecule has 0 heterocycles. The van der Waals surface area contributed by atoms with Crippen molar-refractivity contribution >= 4 is 18.2 Å². The first-order chi connectivity index (χ1) is 17.7. The molecule has 3 aromatic rings. The maximum atomic E-state index is 13.1. The molecule has 0 spiro atoms. The molecule has 0 aliphatic rings. The molecule has 0 aliphatic carbocycles. The molecule has 0 atom stereocenters. The summed E-state index contributed by atoms with van der Waals surface area (Å²) in [5, 5.41) is 0. The van der Waals surface area contributed by atoms with Gasteiger partial charge in [-0.3, -0.25) is 0 Å². The summed E-state index contributed by atoms with van der Waals surface area (Å²) in [5.41, 5.74) is 1.39. The summed E-state index contributed by atoms with van der Waals surface area (Å²) >= 11 is 0. The van der Waals surface area contributed by atoms with Gasteiger partial charge in [0.25, 0.3) is 0 Å². The Morgan fingerprint density at radius 2 is 1.11 bits per heavy atom. The lowest BCUT2D eigenvalue weighted by molar-refractivity contribution is 0.386. The van der Waals surface area contributed by atoms with Crippen molar-refractivity contribution in [2.75, 3.05) is 21.3 Å². The first-order valence-corrected chi connectivity index (χ1v) is 11.3. The molecule has 0 unspecified atom stereocenters. The molecule has 0 bridgehead atoms. The number of ether oxygens (including phenoxy) is 3. The number of hydrogen-bond donors (Lipinski definition) is 0. The summed E-state index contributed by atoms with van der Waals surface area (Å²) in [4.78, 5) is 0. The number of methoxy groups -OCH3 is 3. The van der Waals surface area contributed by atoms with Crippen LogP contribution in [0.5, 0.6) is 17.2 Å². The van der Waals surface area contributed by atoms with Gasteiger partial charge in [-0.15, -0.1) is 0 Å². The quantitative estimate of drug-likeness (QED) is 0.307. The summed E-state index contributed by atoms with van der Waals surface area (Å²) in [6, 6.07) is 12.0. The highest BCUT2D eigenvalue weighted by Crippen LogP contribution is 2.21. The van der Waals surface area contributed by atoms with Crippen LogP contribution < -0.4 is 14.2 Å². The summed E-state index contributed by atoms with van der Waals surface area (Å²) in [5.74, 6) is -0.808. The van der Waals surface area contributed by atoms with Crippen LogP contribution in [-0.4, -0.2) is 21.3 Å². The van der Waals surface area contributed by atoms with Crippen LogP contribution in [0.25, 0.3) is 18.2 Å². The van der Waals surface area contributed by atoms with Crippen molar-refractivity contribution in [2.45, 2.75) is 20.8 Å². The van der Waals surface area contributed by atoms with E-state index in [1.807, 2.05) is 32.1 Å². The van der Waals surface area contributed by atoms with Crippen molar-refractivity contribution in [3.8, 4) is 17.2 Å². The average molecular weight is 517 g/mol. The van der Waals surface area contributed by atoms with Gasteiger partial charge in [-0.05, 0) is 50.6 Å². The fraction of sp³-hybridized carbons (Fsp3) is 0.200. The fourth-order valence-electron chi connectivity index (χ4n) is 2.93. The van der Waals surface area contributed by atoms with Crippen LogP contribution in [0.2, 0.25) is 0 Å². The SMILES string of the molecule is C/C=C/c1c(F)cc(OC)cc1F.C/C=C/c1ccc(OC)c(F)c1.C/C=C/c1ccc(OC)cc1F. The largest absolute Gasteiger partial charge is 0.497 e. The molecule has 3 nitrogen and oxygen atoms in total. The van der Waals surface area contributed by atoms with E-state index in [9.17, 15) is 17.6 Å². The smallest absolute Gasteiger partial charge is 0.165 e. The van der Waals surface area contributed by atoms with E-state index >= 15 is 0 Å². The number of benzene rings is 3. The van der Waals surface area contributed by atoms with Gasteiger partial charge in [0.15, 0.2) is 11.6 Å². The van der Waals surface area contributed by atoms with Crippen LogP contribution in [0, 0.1) is 23.3 Å². The van der Waals surface area contributed by atoms with Crippen LogP contribution in [-0.2, 0) is 0 Å². The lowest BCUT2D eigenvalue weighted by Crippen LogP contribution is -1.91. The highest BCUT2D eigenvalue weighted by atomic mass is 19.1. The molecular weight excluding hydrogens is 484 g/mol. The van der Waals surface area contributed by atoms with Crippen LogP contribution in [0.3, 0.4) is 0 Å². The fourth-order valence-corrected chi connectivity index (χ4v) is 2.93. The Morgan fingerprint density at radius 3 is 1.57 bits per heavy atom. The standard InChI is InChI=1S/C10H10F2O.2C10H11FO/c1-3-4-8-9(11)5-7(13-2)6-10(8)12;1-3-4-8-5-6-9(12-2)7-10(8)11;1-3-4-8-5-6-10(12-2)9(11)7-8/h3-6H,1-2H3;2*3-7H,1-2H3/b3*4-3+. The maximum Gasteiger partial charge on any atom is 0.165 e. The molecule has 37 heavy (non-hydrogen) atoms. The number of halogens is 4. The Bertz CT molecular complexity index is 1190. The molecule has 0 amide bonds. The molecule has 0 fully saturated rings. The van der Waals surface area contributed by atoms with E-state index < -0.39 is 11.6 Å². The monoisotopic (exact) mass is 516 g/mol. The Balaban J connectivity index is 0.000000278. The summed E-state index contributed by atoms with van der Waals surface area (Å²) in [6.45, 7) is 5.44. The zero-order chi connectivity index (χ0) is 27.8. The van der Waals surface area contributed by atoms with Crippen molar-refractivity contribution in [3.05, 3.63) is 107 Å². The Hall–Kier alpha value is -4.00.